The summed E-state index contributed by atoms with van der Waals surface area (Å²) in [6.45, 7) is 2.19. The number of hydrogen-bond donors (Lipinski definition) is 2. The number of aromatic carboxylic acids is 1. The summed E-state index contributed by atoms with van der Waals surface area (Å²) >= 11 is 0. The number of carboxylic acids is 2. The zero-order valence-electron chi connectivity index (χ0n) is 23.1. The molecule has 2 aromatic carbocycles. The van der Waals surface area contributed by atoms with Crippen LogP contribution in [0.2, 0.25) is 0 Å². The van der Waals surface area contributed by atoms with Crippen LogP contribution in [-0.2, 0) is 17.6 Å². The standard InChI is InChI=1S/C31H29N3O8/c1-3-4-5-29-33-16-21(14-20(30(35)36)12-19-6-9-25-27(13-19)41-18-40-25)34(29)24-8-7-22(39-2)15-26(24)42-28-17-32-11-10-23(28)31(37)38/h6-11,13-17H,3-5,12,18H2,1-2H3,(H,35,36)(H,37,38)/b20-14+. The molecule has 1 aliphatic heterocycles. The van der Waals surface area contributed by atoms with Gasteiger partial charge in [0.15, 0.2) is 23.0 Å². The van der Waals surface area contributed by atoms with Crippen molar-refractivity contribution < 1.29 is 38.7 Å². The van der Waals surface area contributed by atoms with E-state index < -0.39 is 11.9 Å². The Morgan fingerprint density at radius 2 is 1.88 bits per heavy atom. The Morgan fingerprint density at radius 1 is 1.05 bits per heavy atom. The molecular formula is C31H29N3O8. The summed E-state index contributed by atoms with van der Waals surface area (Å²) in [5.74, 6) is 0.435. The van der Waals surface area contributed by atoms with Crippen LogP contribution in [0.15, 0.2) is 66.6 Å². The molecule has 0 aliphatic carbocycles. The largest absolute Gasteiger partial charge is 0.497 e. The fraction of sp³-hybridized carbons (Fsp3) is 0.226. The van der Waals surface area contributed by atoms with Crippen LogP contribution in [0.4, 0.5) is 0 Å². The maximum absolute atomic E-state index is 12.4. The van der Waals surface area contributed by atoms with E-state index in [1.807, 2.05) is 4.57 Å². The Kier molecular flexibility index (Phi) is 8.37. The minimum Gasteiger partial charge on any atom is -0.497 e. The van der Waals surface area contributed by atoms with Gasteiger partial charge in [-0.2, -0.15) is 0 Å². The Labute approximate surface area is 241 Å². The van der Waals surface area contributed by atoms with Gasteiger partial charge in [0.2, 0.25) is 6.79 Å². The van der Waals surface area contributed by atoms with E-state index in [-0.39, 0.29) is 35.8 Å². The second-order valence-electron chi connectivity index (χ2n) is 9.49. The van der Waals surface area contributed by atoms with Gasteiger partial charge in [-0.15, -0.1) is 0 Å². The molecule has 0 spiro atoms. The van der Waals surface area contributed by atoms with Crippen molar-refractivity contribution in [1.29, 1.82) is 0 Å². The van der Waals surface area contributed by atoms with Crippen molar-refractivity contribution in [3.05, 3.63) is 89.3 Å². The number of methoxy groups -OCH3 is 1. The van der Waals surface area contributed by atoms with E-state index in [0.717, 1.165) is 18.4 Å². The Balaban J connectivity index is 1.61. The number of unbranched alkanes of at least 4 members (excludes halogenated alkanes) is 1. The molecule has 2 N–H and O–H groups in total. The molecule has 0 bridgehead atoms. The summed E-state index contributed by atoms with van der Waals surface area (Å²) in [5, 5.41) is 19.8. The first-order valence-electron chi connectivity index (χ1n) is 13.3. The quantitative estimate of drug-likeness (QED) is 0.208. The van der Waals surface area contributed by atoms with Gasteiger partial charge in [0.1, 0.15) is 17.1 Å². The lowest BCUT2D eigenvalue weighted by atomic mass is 10.0. The van der Waals surface area contributed by atoms with Crippen LogP contribution >= 0.6 is 0 Å². The van der Waals surface area contributed by atoms with Crippen molar-refractivity contribution >= 4 is 18.0 Å². The van der Waals surface area contributed by atoms with Crippen LogP contribution < -0.4 is 18.9 Å². The maximum atomic E-state index is 12.4. The highest BCUT2D eigenvalue weighted by atomic mass is 16.7. The van der Waals surface area contributed by atoms with E-state index in [4.69, 9.17) is 18.9 Å². The zero-order chi connectivity index (χ0) is 29.6. The summed E-state index contributed by atoms with van der Waals surface area (Å²) in [6.07, 6.45) is 8.42. The van der Waals surface area contributed by atoms with Crippen LogP contribution in [0.3, 0.4) is 0 Å². The molecule has 0 saturated carbocycles. The lowest BCUT2D eigenvalue weighted by molar-refractivity contribution is -0.132. The molecule has 0 atom stereocenters. The van der Waals surface area contributed by atoms with Gasteiger partial charge in [-0.05, 0) is 48.4 Å². The van der Waals surface area contributed by atoms with E-state index in [2.05, 4.69) is 16.9 Å². The van der Waals surface area contributed by atoms with Gasteiger partial charge in [-0.1, -0.05) is 19.4 Å². The van der Waals surface area contributed by atoms with E-state index in [1.165, 1.54) is 25.6 Å². The molecule has 0 unspecified atom stereocenters. The van der Waals surface area contributed by atoms with Crippen LogP contribution in [0.5, 0.6) is 28.7 Å². The van der Waals surface area contributed by atoms with Gasteiger partial charge in [0.05, 0.1) is 30.9 Å². The molecule has 0 radical (unpaired) electrons. The number of hydrogen-bond acceptors (Lipinski definition) is 8. The van der Waals surface area contributed by atoms with Crippen molar-refractivity contribution in [2.75, 3.05) is 13.9 Å². The number of nitrogens with zero attached hydrogens (tertiary/aromatic N) is 3. The number of carboxylic acid groups (broad SMARTS) is 2. The first-order chi connectivity index (χ1) is 20.4. The average molecular weight is 572 g/mol. The highest BCUT2D eigenvalue weighted by molar-refractivity contribution is 5.92. The molecule has 42 heavy (non-hydrogen) atoms. The molecule has 4 aromatic rings. The SMILES string of the molecule is CCCCc1ncc(/C=C(\Cc2ccc3c(c2)OCO3)C(=O)O)n1-c1ccc(OC)cc1Oc1cnccc1C(=O)O. The van der Waals surface area contributed by atoms with Gasteiger partial charge >= 0.3 is 11.9 Å². The number of aliphatic carboxylic acids is 1. The topological polar surface area (TPSA) is 142 Å². The van der Waals surface area contributed by atoms with Gasteiger partial charge in [-0.25, -0.2) is 14.6 Å². The average Bonchev–Trinajstić information content (AvgIpc) is 3.62. The molecule has 216 valence electrons. The predicted octanol–water partition coefficient (Wildman–Crippen LogP) is 5.55. The normalized spacial score (nSPS) is 12.3. The second kappa shape index (κ2) is 12.5. The molecule has 3 heterocycles. The first kappa shape index (κ1) is 28.2. The molecule has 0 amide bonds. The summed E-state index contributed by atoms with van der Waals surface area (Å²) in [5.41, 5.74) is 1.86. The third kappa shape index (κ3) is 6.04. The van der Waals surface area contributed by atoms with Crippen LogP contribution in [0.25, 0.3) is 11.8 Å². The number of carbonyl (C=O) groups is 2. The van der Waals surface area contributed by atoms with Crippen molar-refractivity contribution in [3.63, 3.8) is 0 Å². The third-order valence-corrected chi connectivity index (χ3v) is 6.69. The van der Waals surface area contributed by atoms with Gasteiger partial charge in [0, 0.05) is 30.7 Å². The number of imidazole rings is 1. The van der Waals surface area contributed by atoms with Crippen LogP contribution in [0, 0.1) is 0 Å². The van der Waals surface area contributed by atoms with Gasteiger partial charge in [-0.3, -0.25) is 9.55 Å². The number of rotatable bonds is 12. The van der Waals surface area contributed by atoms with Crippen molar-refractivity contribution in [3.8, 4) is 34.4 Å². The molecule has 0 saturated heterocycles. The second-order valence-corrected chi connectivity index (χ2v) is 9.49. The Bertz CT molecular complexity index is 1660. The van der Waals surface area contributed by atoms with E-state index in [1.54, 1.807) is 48.7 Å². The fourth-order valence-electron chi connectivity index (χ4n) is 4.58. The summed E-state index contributed by atoms with van der Waals surface area (Å²) in [4.78, 5) is 32.9. The molecule has 1 aliphatic rings. The summed E-state index contributed by atoms with van der Waals surface area (Å²) in [7, 11) is 1.51. The highest BCUT2D eigenvalue weighted by Gasteiger charge is 2.21. The van der Waals surface area contributed by atoms with E-state index >= 15 is 0 Å². The first-order valence-corrected chi connectivity index (χ1v) is 13.3. The minimum absolute atomic E-state index is 0.0425. The number of benzene rings is 2. The van der Waals surface area contributed by atoms with E-state index in [9.17, 15) is 19.8 Å². The summed E-state index contributed by atoms with van der Waals surface area (Å²) < 4.78 is 24.2. The molecule has 11 nitrogen and oxygen atoms in total. The lowest BCUT2D eigenvalue weighted by Crippen LogP contribution is -2.09. The zero-order valence-corrected chi connectivity index (χ0v) is 23.1. The summed E-state index contributed by atoms with van der Waals surface area (Å²) in [6, 6.07) is 11.8. The predicted molar refractivity (Wildman–Crippen MR) is 152 cm³/mol. The van der Waals surface area contributed by atoms with Crippen LogP contribution in [0.1, 0.15) is 47.2 Å². The lowest BCUT2D eigenvalue weighted by Gasteiger charge is -2.18. The fourth-order valence-corrected chi connectivity index (χ4v) is 4.58. The minimum atomic E-state index is -1.17. The van der Waals surface area contributed by atoms with Gasteiger partial charge < -0.3 is 29.2 Å². The Hall–Kier alpha value is -5.32. The molecular weight excluding hydrogens is 542 g/mol. The van der Waals surface area contributed by atoms with Gasteiger partial charge in [0.25, 0.3) is 0 Å². The van der Waals surface area contributed by atoms with Crippen LogP contribution in [-0.4, -0.2) is 50.6 Å². The number of aryl methyl sites for hydroxylation is 1. The van der Waals surface area contributed by atoms with Crippen molar-refractivity contribution in [1.82, 2.24) is 14.5 Å². The molecule has 11 heteroatoms. The number of aromatic nitrogens is 3. The number of fused-ring (bicyclic) bond motifs is 1. The Morgan fingerprint density at radius 3 is 2.64 bits per heavy atom. The number of pyridine rings is 1. The maximum Gasteiger partial charge on any atom is 0.339 e. The van der Waals surface area contributed by atoms with Crippen molar-refractivity contribution in [2.45, 2.75) is 32.6 Å². The highest BCUT2D eigenvalue weighted by Crippen LogP contribution is 2.36. The molecule has 0 fully saturated rings. The van der Waals surface area contributed by atoms with E-state index in [0.29, 0.717) is 40.9 Å². The smallest absolute Gasteiger partial charge is 0.339 e. The molecule has 2 aromatic heterocycles. The number of ether oxygens (including phenoxy) is 4. The third-order valence-electron chi connectivity index (χ3n) is 6.69. The van der Waals surface area contributed by atoms with Crippen molar-refractivity contribution in [2.24, 2.45) is 0 Å². The monoisotopic (exact) mass is 571 g/mol. The molecule has 5 rings (SSSR count).